The Labute approximate surface area is 133 Å². The van der Waals surface area contributed by atoms with Gasteiger partial charge >= 0.3 is 5.97 Å². The third-order valence-electron chi connectivity index (χ3n) is 3.62. The first-order valence-electron chi connectivity index (χ1n) is 7.12. The standard InChI is InChI=1S/C13H19N3O6S/c1-6-11(8(3)22-15-6)23(20,21)16-7(2)12(17)14-10(13(18)19)9-4-5-9/h7,9-10,16H,4-5H2,1-3H3,(H,14,17)(H,18,19). The molecule has 9 nitrogen and oxygen atoms in total. The van der Waals surface area contributed by atoms with Gasteiger partial charge in [0.05, 0.1) is 6.04 Å². The average molecular weight is 345 g/mol. The number of hydrogen-bond donors (Lipinski definition) is 3. The van der Waals surface area contributed by atoms with E-state index in [-0.39, 0.29) is 22.3 Å². The Morgan fingerprint density at radius 3 is 2.39 bits per heavy atom. The fourth-order valence-electron chi connectivity index (χ4n) is 2.29. The van der Waals surface area contributed by atoms with Gasteiger partial charge in [-0.25, -0.2) is 13.2 Å². The third kappa shape index (κ3) is 3.88. The molecule has 1 amide bonds. The number of sulfonamides is 1. The Hall–Kier alpha value is -1.94. The van der Waals surface area contributed by atoms with E-state index in [1.165, 1.54) is 20.8 Å². The van der Waals surface area contributed by atoms with Crippen LogP contribution in [0.3, 0.4) is 0 Å². The third-order valence-corrected chi connectivity index (χ3v) is 5.40. The van der Waals surface area contributed by atoms with Crippen LogP contribution in [0.1, 0.15) is 31.2 Å². The first kappa shape index (κ1) is 17.4. The number of hydrogen-bond acceptors (Lipinski definition) is 6. The van der Waals surface area contributed by atoms with Gasteiger partial charge in [-0.15, -0.1) is 0 Å². The minimum atomic E-state index is -4.00. The largest absolute Gasteiger partial charge is 0.480 e. The predicted octanol–water partition coefficient (Wildman–Crippen LogP) is -0.0624. The SMILES string of the molecule is Cc1noc(C)c1S(=O)(=O)NC(C)C(=O)NC(C(=O)O)C1CC1. The lowest BCUT2D eigenvalue weighted by Crippen LogP contribution is -2.51. The number of aliphatic carboxylic acids is 1. The molecule has 128 valence electrons. The Morgan fingerprint density at radius 1 is 1.35 bits per heavy atom. The minimum Gasteiger partial charge on any atom is -0.480 e. The summed E-state index contributed by atoms with van der Waals surface area (Å²) in [7, 11) is -4.00. The molecule has 0 aliphatic heterocycles. The van der Waals surface area contributed by atoms with Crippen molar-refractivity contribution in [1.82, 2.24) is 15.2 Å². The molecule has 10 heteroatoms. The lowest BCUT2D eigenvalue weighted by molar-refractivity contribution is -0.142. The zero-order chi connectivity index (χ0) is 17.4. The molecule has 3 N–H and O–H groups in total. The summed E-state index contributed by atoms with van der Waals surface area (Å²) in [5.41, 5.74) is 0.184. The number of carbonyl (C=O) groups is 2. The van der Waals surface area contributed by atoms with Crippen molar-refractivity contribution in [2.45, 2.75) is 50.6 Å². The van der Waals surface area contributed by atoms with E-state index >= 15 is 0 Å². The molecule has 0 spiro atoms. The van der Waals surface area contributed by atoms with E-state index < -0.39 is 34.0 Å². The molecule has 1 aromatic rings. The van der Waals surface area contributed by atoms with Gasteiger partial charge in [0.25, 0.3) is 0 Å². The van der Waals surface area contributed by atoms with Crippen molar-refractivity contribution < 1.29 is 27.6 Å². The highest BCUT2D eigenvalue weighted by Gasteiger charge is 2.38. The zero-order valence-electron chi connectivity index (χ0n) is 13.0. The number of amides is 1. The molecule has 1 aromatic heterocycles. The van der Waals surface area contributed by atoms with Gasteiger partial charge < -0.3 is 14.9 Å². The van der Waals surface area contributed by atoms with Crippen molar-refractivity contribution >= 4 is 21.9 Å². The molecule has 0 saturated heterocycles. The molecule has 23 heavy (non-hydrogen) atoms. The van der Waals surface area contributed by atoms with Crippen LogP contribution in [0.4, 0.5) is 0 Å². The molecule has 0 aromatic carbocycles. The van der Waals surface area contributed by atoms with Gasteiger partial charge in [0, 0.05) is 0 Å². The molecule has 2 unspecified atom stereocenters. The summed E-state index contributed by atoms with van der Waals surface area (Å²) in [5, 5.41) is 15.0. The molecule has 2 rings (SSSR count). The van der Waals surface area contributed by atoms with Crippen LogP contribution in [0.5, 0.6) is 0 Å². The van der Waals surface area contributed by atoms with Crippen LogP contribution in [0, 0.1) is 19.8 Å². The number of rotatable bonds is 7. The number of nitrogens with one attached hydrogen (secondary N) is 2. The summed E-state index contributed by atoms with van der Waals surface area (Å²) in [6.45, 7) is 4.27. The molecule has 2 atom stereocenters. The maximum absolute atomic E-state index is 12.3. The van der Waals surface area contributed by atoms with Crippen LogP contribution in [-0.4, -0.2) is 42.6 Å². The van der Waals surface area contributed by atoms with Crippen LogP contribution >= 0.6 is 0 Å². The lowest BCUT2D eigenvalue weighted by atomic mass is 10.2. The summed E-state index contributed by atoms with van der Waals surface area (Å²) in [6, 6.07) is -2.12. The van der Waals surface area contributed by atoms with Crippen LogP contribution in [0.25, 0.3) is 0 Å². The molecule has 0 bridgehead atoms. The Bertz CT molecular complexity index is 703. The number of nitrogens with zero attached hydrogens (tertiary/aromatic N) is 1. The minimum absolute atomic E-state index is 0.0946. The van der Waals surface area contributed by atoms with Gasteiger partial charge in [-0.1, -0.05) is 5.16 Å². The van der Waals surface area contributed by atoms with Crippen LogP contribution in [0.15, 0.2) is 9.42 Å². The van der Waals surface area contributed by atoms with Gasteiger partial charge in [0.2, 0.25) is 15.9 Å². The van der Waals surface area contributed by atoms with E-state index in [2.05, 4.69) is 15.2 Å². The fraction of sp³-hybridized carbons (Fsp3) is 0.615. The first-order valence-corrected chi connectivity index (χ1v) is 8.60. The monoisotopic (exact) mass is 345 g/mol. The second-order valence-corrected chi connectivity index (χ2v) is 7.31. The highest BCUT2D eigenvalue weighted by Crippen LogP contribution is 2.32. The maximum atomic E-state index is 12.3. The highest BCUT2D eigenvalue weighted by molar-refractivity contribution is 7.89. The van der Waals surface area contributed by atoms with E-state index in [9.17, 15) is 18.0 Å². The van der Waals surface area contributed by atoms with Gasteiger partial charge in [-0.2, -0.15) is 4.72 Å². The first-order chi connectivity index (χ1) is 10.6. The van der Waals surface area contributed by atoms with Crippen LogP contribution in [0.2, 0.25) is 0 Å². The molecular weight excluding hydrogens is 326 g/mol. The summed E-state index contributed by atoms with van der Waals surface area (Å²) in [4.78, 5) is 23.1. The molecule has 1 aliphatic carbocycles. The summed E-state index contributed by atoms with van der Waals surface area (Å²) >= 11 is 0. The van der Waals surface area contributed by atoms with Gasteiger partial charge in [0.15, 0.2) is 5.76 Å². The van der Waals surface area contributed by atoms with Gasteiger partial charge in [-0.05, 0) is 39.5 Å². The van der Waals surface area contributed by atoms with Crippen molar-refractivity contribution in [3.05, 3.63) is 11.5 Å². The van der Waals surface area contributed by atoms with Crippen molar-refractivity contribution in [1.29, 1.82) is 0 Å². The van der Waals surface area contributed by atoms with Gasteiger partial charge in [0.1, 0.15) is 16.6 Å². The van der Waals surface area contributed by atoms with E-state index in [4.69, 9.17) is 9.63 Å². The molecular formula is C13H19N3O6S. The summed E-state index contributed by atoms with van der Waals surface area (Å²) in [6.07, 6.45) is 1.47. The van der Waals surface area contributed by atoms with Crippen LogP contribution in [-0.2, 0) is 19.6 Å². The second-order valence-electron chi connectivity index (χ2n) is 5.66. The van der Waals surface area contributed by atoms with E-state index in [0.29, 0.717) is 0 Å². The lowest BCUT2D eigenvalue weighted by Gasteiger charge is -2.18. The molecule has 1 saturated carbocycles. The number of aromatic nitrogens is 1. The number of aryl methyl sites for hydroxylation is 2. The average Bonchev–Trinajstić information content (AvgIpc) is 3.20. The molecule has 0 radical (unpaired) electrons. The Kier molecular flexibility index (Phi) is 4.76. The number of carbonyl (C=O) groups excluding carboxylic acids is 1. The zero-order valence-corrected chi connectivity index (χ0v) is 13.8. The van der Waals surface area contributed by atoms with Crippen LogP contribution < -0.4 is 10.0 Å². The topological polar surface area (TPSA) is 139 Å². The quantitative estimate of drug-likeness (QED) is 0.629. The molecule has 1 aliphatic rings. The van der Waals surface area contributed by atoms with Crippen molar-refractivity contribution in [3.8, 4) is 0 Å². The molecule has 1 fully saturated rings. The normalized spacial score (nSPS) is 17.5. The van der Waals surface area contributed by atoms with E-state index in [1.807, 2.05) is 0 Å². The maximum Gasteiger partial charge on any atom is 0.326 e. The smallest absolute Gasteiger partial charge is 0.326 e. The van der Waals surface area contributed by atoms with E-state index in [1.54, 1.807) is 0 Å². The van der Waals surface area contributed by atoms with E-state index in [0.717, 1.165) is 12.8 Å². The second kappa shape index (κ2) is 6.28. The summed E-state index contributed by atoms with van der Waals surface area (Å²) < 4.78 is 31.6. The Morgan fingerprint density at radius 2 is 1.96 bits per heavy atom. The van der Waals surface area contributed by atoms with Gasteiger partial charge in [-0.3, -0.25) is 4.79 Å². The summed E-state index contributed by atoms with van der Waals surface area (Å²) in [5.74, 6) is -1.80. The fourth-order valence-corrected chi connectivity index (χ4v) is 3.82. The predicted molar refractivity (Wildman–Crippen MR) is 78.1 cm³/mol. The Balaban J connectivity index is 2.07. The van der Waals surface area contributed by atoms with Crippen molar-refractivity contribution in [2.24, 2.45) is 5.92 Å². The number of carboxylic acid groups (broad SMARTS) is 1. The molecule has 1 heterocycles. The van der Waals surface area contributed by atoms with Crippen molar-refractivity contribution in [3.63, 3.8) is 0 Å². The van der Waals surface area contributed by atoms with Crippen molar-refractivity contribution in [2.75, 3.05) is 0 Å². The highest BCUT2D eigenvalue weighted by atomic mass is 32.2. The number of carboxylic acids is 1.